The van der Waals surface area contributed by atoms with Crippen molar-refractivity contribution >= 4 is 17.6 Å². The van der Waals surface area contributed by atoms with E-state index in [1.54, 1.807) is 12.1 Å². The number of hydrogen-bond donors (Lipinski definition) is 2. The van der Waals surface area contributed by atoms with Crippen molar-refractivity contribution in [2.45, 2.75) is 26.3 Å². The molecule has 1 atom stereocenters. The fourth-order valence-electron chi connectivity index (χ4n) is 1.92. The van der Waals surface area contributed by atoms with Crippen LogP contribution in [0.5, 0.6) is 5.75 Å². The normalized spacial score (nSPS) is 11.9. The third kappa shape index (κ3) is 4.66. The summed E-state index contributed by atoms with van der Waals surface area (Å²) in [6, 6.07) is 4.03. The molecule has 1 rings (SSSR count). The zero-order chi connectivity index (χ0) is 16.0. The number of hydrogen-bond acceptors (Lipinski definition) is 5. The maximum absolute atomic E-state index is 12.2. The summed E-state index contributed by atoms with van der Waals surface area (Å²) in [5, 5.41) is 2.68. The number of carbonyl (C=O) groups is 2. The number of ether oxygens (including phenoxy) is 2. The van der Waals surface area contributed by atoms with E-state index in [1.807, 2.05) is 13.8 Å². The van der Waals surface area contributed by atoms with E-state index in [9.17, 15) is 9.59 Å². The molecule has 0 radical (unpaired) electrons. The molecule has 3 N–H and O–H groups in total. The van der Waals surface area contributed by atoms with Crippen molar-refractivity contribution in [3.63, 3.8) is 0 Å². The lowest BCUT2D eigenvalue weighted by Crippen LogP contribution is -2.42. The third-order valence-electron chi connectivity index (χ3n) is 2.99. The van der Waals surface area contributed by atoms with Gasteiger partial charge in [0.15, 0.2) is 0 Å². The highest BCUT2D eigenvalue weighted by Gasteiger charge is 2.23. The van der Waals surface area contributed by atoms with Crippen LogP contribution < -0.4 is 15.8 Å². The third-order valence-corrected chi connectivity index (χ3v) is 2.99. The molecule has 0 aromatic heterocycles. The fourth-order valence-corrected chi connectivity index (χ4v) is 1.92. The van der Waals surface area contributed by atoms with Gasteiger partial charge in [0.1, 0.15) is 11.8 Å². The molecule has 1 unspecified atom stereocenters. The van der Waals surface area contributed by atoms with Crippen LogP contribution in [0.3, 0.4) is 0 Å². The summed E-state index contributed by atoms with van der Waals surface area (Å²) in [7, 11) is 2.78. The van der Waals surface area contributed by atoms with Gasteiger partial charge in [-0.05, 0) is 30.5 Å². The van der Waals surface area contributed by atoms with Gasteiger partial charge in [-0.3, -0.25) is 4.79 Å². The van der Waals surface area contributed by atoms with E-state index in [1.165, 1.54) is 20.3 Å². The molecule has 21 heavy (non-hydrogen) atoms. The first-order valence-corrected chi connectivity index (χ1v) is 6.71. The Morgan fingerprint density at radius 1 is 1.29 bits per heavy atom. The maximum atomic E-state index is 12.2. The highest BCUT2D eigenvalue weighted by Crippen LogP contribution is 2.22. The van der Waals surface area contributed by atoms with Crippen LogP contribution in [0.25, 0.3) is 0 Å². The number of anilines is 1. The predicted molar refractivity (Wildman–Crippen MR) is 80.1 cm³/mol. The molecule has 1 amide bonds. The van der Waals surface area contributed by atoms with Crippen LogP contribution in [0.15, 0.2) is 18.2 Å². The minimum atomic E-state index is -0.675. The number of esters is 1. The number of nitrogens with two attached hydrogens (primary N) is 1. The lowest BCUT2D eigenvalue weighted by molar-refractivity contribution is -0.143. The van der Waals surface area contributed by atoms with Gasteiger partial charge < -0.3 is 20.5 Å². The molecular formula is C15H22N2O4. The maximum Gasteiger partial charge on any atom is 0.328 e. The van der Waals surface area contributed by atoms with Gasteiger partial charge in [0.25, 0.3) is 5.91 Å². The average Bonchev–Trinajstić information content (AvgIpc) is 2.45. The van der Waals surface area contributed by atoms with Crippen LogP contribution in [0.2, 0.25) is 0 Å². The van der Waals surface area contributed by atoms with Crippen LogP contribution in [0.4, 0.5) is 5.69 Å². The van der Waals surface area contributed by atoms with Crippen LogP contribution in [-0.2, 0) is 9.53 Å². The van der Waals surface area contributed by atoms with Gasteiger partial charge in [-0.1, -0.05) is 13.8 Å². The van der Waals surface area contributed by atoms with Gasteiger partial charge in [0, 0.05) is 5.56 Å². The SMILES string of the molecule is COC(=O)C(CC(C)C)NC(=O)c1ccc(N)c(OC)c1. The molecule has 0 aliphatic rings. The van der Waals surface area contributed by atoms with E-state index in [0.29, 0.717) is 23.4 Å². The number of benzene rings is 1. The summed E-state index contributed by atoms with van der Waals surface area (Å²) < 4.78 is 9.79. The quantitative estimate of drug-likeness (QED) is 0.614. The molecule has 0 saturated carbocycles. The van der Waals surface area contributed by atoms with Crippen molar-refractivity contribution in [2.24, 2.45) is 5.92 Å². The summed E-state index contributed by atoms with van der Waals surface area (Å²) in [5.74, 6) is -0.166. The Labute approximate surface area is 124 Å². The summed E-state index contributed by atoms with van der Waals surface area (Å²) in [6.45, 7) is 3.93. The summed E-state index contributed by atoms with van der Waals surface area (Å²) in [6.07, 6.45) is 0.504. The Morgan fingerprint density at radius 2 is 1.95 bits per heavy atom. The van der Waals surface area contributed by atoms with E-state index < -0.39 is 12.0 Å². The van der Waals surface area contributed by atoms with E-state index in [4.69, 9.17) is 15.2 Å². The number of nitrogen functional groups attached to an aromatic ring is 1. The van der Waals surface area contributed by atoms with Crippen LogP contribution in [0, 0.1) is 5.92 Å². The van der Waals surface area contributed by atoms with E-state index >= 15 is 0 Å². The summed E-state index contributed by atoms with van der Waals surface area (Å²) in [4.78, 5) is 23.9. The van der Waals surface area contributed by atoms with E-state index in [2.05, 4.69) is 5.32 Å². The van der Waals surface area contributed by atoms with Gasteiger partial charge in [0.2, 0.25) is 0 Å². The van der Waals surface area contributed by atoms with Crippen molar-refractivity contribution in [2.75, 3.05) is 20.0 Å². The van der Waals surface area contributed by atoms with Crippen molar-refractivity contribution in [1.29, 1.82) is 0 Å². The lowest BCUT2D eigenvalue weighted by Gasteiger charge is -2.18. The number of methoxy groups -OCH3 is 2. The first kappa shape index (κ1) is 16.8. The average molecular weight is 294 g/mol. The Morgan fingerprint density at radius 3 is 2.48 bits per heavy atom. The highest BCUT2D eigenvalue weighted by molar-refractivity contribution is 5.97. The lowest BCUT2D eigenvalue weighted by atomic mass is 10.0. The smallest absolute Gasteiger partial charge is 0.328 e. The molecular weight excluding hydrogens is 272 g/mol. The van der Waals surface area contributed by atoms with E-state index in [-0.39, 0.29) is 11.8 Å². The molecule has 0 aliphatic heterocycles. The van der Waals surface area contributed by atoms with Crippen LogP contribution in [-0.4, -0.2) is 32.1 Å². The molecule has 6 heteroatoms. The first-order chi connectivity index (χ1) is 9.88. The Balaban J connectivity index is 2.88. The number of nitrogens with one attached hydrogen (secondary N) is 1. The molecule has 0 fully saturated rings. The van der Waals surface area contributed by atoms with Gasteiger partial charge >= 0.3 is 5.97 Å². The second-order valence-electron chi connectivity index (χ2n) is 5.14. The molecule has 0 bridgehead atoms. The topological polar surface area (TPSA) is 90.7 Å². The monoisotopic (exact) mass is 294 g/mol. The van der Waals surface area contributed by atoms with Gasteiger partial charge in [-0.15, -0.1) is 0 Å². The Bertz CT molecular complexity index is 514. The zero-order valence-electron chi connectivity index (χ0n) is 12.8. The minimum Gasteiger partial charge on any atom is -0.495 e. The Kier molecular flexibility index (Phi) is 6.02. The molecule has 116 valence electrons. The zero-order valence-corrected chi connectivity index (χ0v) is 12.8. The van der Waals surface area contributed by atoms with Crippen LogP contribution >= 0.6 is 0 Å². The second kappa shape index (κ2) is 7.52. The van der Waals surface area contributed by atoms with Gasteiger partial charge in [-0.25, -0.2) is 4.79 Å². The Hall–Kier alpha value is -2.24. The van der Waals surface area contributed by atoms with Crippen molar-refractivity contribution in [3.8, 4) is 5.75 Å². The largest absolute Gasteiger partial charge is 0.495 e. The minimum absolute atomic E-state index is 0.246. The van der Waals surface area contributed by atoms with Crippen molar-refractivity contribution in [3.05, 3.63) is 23.8 Å². The summed E-state index contributed by atoms with van der Waals surface area (Å²) >= 11 is 0. The molecule has 0 aliphatic carbocycles. The van der Waals surface area contributed by atoms with Gasteiger partial charge in [0.05, 0.1) is 19.9 Å². The molecule has 0 heterocycles. The predicted octanol–water partition coefficient (Wildman–Crippen LogP) is 1.59. The summed E-state index contributed by atoms with van der Waals surface area (Å²) in [5.41, 5.74) is 6.53. The molecule has 0 saturated heterocycles. The van der Waals surface area contributed by atoms with Crippen molar-refractivity contribution in [1.82, 2.24) is 5.32 Å². The molecule has 1 aromatic carbocycles. The molecule has 1 aromatic rings. The fraction of sp³-hybridized carbons (Fsp3) is 0.467. The van der Waals surface area contributed by atoms with E-state index in [0.717, 1.165) is 0 Å². The van der Waals surface area contributed by atoms with Crippen LogP contribution in [0.1, 0.15) is 30.6 Å². The number of carbonyl (C=O) groups excluding carboxylic acids is 2. The van der Waals surface area contributed by atoms with Crippen molar-refractivity contribution < 1.29 is 19.1 Å². The standard InChI is InChI=1S/C15H22N2O4/c1-9(2)7-12(15(19)21-4)17-14(18)10-5-6-11(16)13(8-10)20-3/h5-6,8-9,12H,7,16H2,1-4H3,(H,17,18). The number of rotatable bonds is 6. The molecule has 6 nitrogen and oxygen atoms in total. The highest BCUT2D eigenvalue weighted by atomic mass is 16.5. The first-order valence-electron chi connectivity index (χ1n) is 6.71. The molecule has 0 spiro atoms. The number of amides is 1. The second-order valence-corrected chi connectivity index (χ2v) is 5.14. The van der Waals surface area contributed by atoms with Gasteiger partial charge in [-0.2, -0.15) is 0 Å².